The van der Waals surface area contributed by atoms with Gasteiger partial charge in [0.15, 0.2) is 0 Å². The summed E-state index contributed by atoms with van der Waals surface area (Å²) in [6.07, 6.45) is 5.04. The fraction of sp³-hybridized carbons (Fsp3) is 0.391. The van der Waals surface area contributed by atoms with E-state index < -0.39 is 6.09 Å². The Labute approximate surface area is 191 Å². The lowest BCUT2D eigenvalue weighted by Gasteiger charge is -2.26. The van der Waals surface area contributed by atoms with Crippen LogP contribution in [-0.2, 0) is 22.4 Å². The number of carbonyl (C=O) groups is 1. The minimum atomic E-state index is -0.506. The molecule has 0 atom stereocenters. The SMILES string of the molecule is CCn1cc(-n2ccc(=O)c(Cc3cccc(NC(=O)OCCN4CCOCC4)c3)n2)cn1. The van der Waals surface area contributed by atoms with Crippen LogP contribution in [-0.4, -0.2) is 70.0 Å². The van der Waals surface area contributed by atoms with E-state index in [9.17, 15) is 9.59 Å². The van der Waals surface area contributed by atoms with Gasteiger partial charge in [0.05, 0.1) is 25.6 Å². The number of benzene rings is 1. The monoisotopic (exact) mass is 452 g/mol. The highest BCUT2D eigenvalue weighted by atomic mass is 16.5. The van der Waals surface area contributed by atoms with E-state index in [1.807, 2.05) is 31.3 Å². The number of nitrogens with one attached hydrogen (secondary N) is 1. The topological polar surface area (TPSA) is 104 Å². The molecule has 0 aliphatic carbocycles. The van der Waals surface area contributed by atoms with E-state index in [1.54, 1.807) is 27.8 Å². The third kappa shape index (κ3) is 6.27. The van der Waals surface area contributed by atoms with Gasteiger partial charge in [0.2, 0.25) is 5.43 Å². The lowest BCUT2D eigenvalue weighted by molar-refractivity contribution is 0.0290. The van der Waals surface area contributed by atoms with Crippen molar-refractivity contribution >= 4 is 11.8 Å². The number of nitrogens with zero attached hydrogens (tertiary/aromatic N) is 5. The first-order valence-electron chi connectivity index (χ1n) is 11.1. The predicted molar refractivity (Wildman–Crippen MR) is 123 cm³/mol. The van der Waals surface area contributed by atoms with Crippen molar-refractivity contribution in [3.05, 3.63) is 70.4 Å². The Morgan fingerprint density at radius 2 is 2.09 bits per heavy atom. The van der Waals surface area contributed by atoms with Gasteiger partial charge in [-0.05, 0) is 24.6 Å². The van der Waals surface area contributed by atoms with Crippen LogP contribution in [0.2, 0.25) is 0 Å². The van der Waals surface area contributed by atoms with Crippen molar-refractivity contribution in [1.29, 1.82) is 0 Å². The standard InChI is InChI=1S/C23H28N6O4/c1-2-28-17-20(16-24-28)29-7-6-22(30)21(26-29)15-18-4-3-5-19(14-18)25-23(31)33-13-10-27-8-11-32-12-9-27/h3-7,14,16-17H,2,8-13,15H2,1H3,(H,25,31). The fourth-order valence-corrected chi connectivity index (χ4v) is 3.56. The maximum absolute atomic E-state index is 12.4. The lowest BCUT2D eigenvalue weighted by atomic mass is 10.1. The molecule has 2 aromatic heterocycles. The molecule has 1 saturated heterocycles. The second kappa shape index (κ2) is 10.9. The number of anilines is 1. The van der Waals surface area contributed by atoms with Crippen molar-refractivity contribution in [2.75, 3.05) is 44.8 Å². The summed E-state index contributed by atoms with van der Waals surface area (Å²) in [4.78, 5) is 26.7. The number of morpholine rings is 1. The van der Waals surface area contributed by atoms with Crippen molar-refractivity contribution in [3.8, 4) is 5.69 Å². The van der Waals surface area contributed by atoms with Crippen molar-refractivity contribution in [2.24, 2.45) is 0 Å². The van der Waals surface area contributed by atoms with Crippen LogP contribution in [0.4, 0.5) is 10.5 Å². The van der Waals surface area contributed by atoms with E-state index in [2.05, 4.69) is 20.4 Å². The molecular weight excluding hydrogens is 424 g/mol. The molecule has 1 N–H and O–H groups in total. The Kier molecular flexibility index (Phi) is 7.48. The molecule has 10 heteroatoms. The van der Waals surface area contributed by atoms with E-state index in [0.29, 0.717) is 44.2 Å². The van der Waals surface area contributed by atoms with Crippen LogP contribution >= 0.6 is 0 Å². The summed E-state index contributed by atoms with van der Waals surface area (Å²) in [5, 5.41) is 11.5. The van der Waals surface area contributed by atoms with Crippen molar-refractivity contribution in [1.82, 2.24) is 24.5 Å². The predicted octanol–water partition coefficient (Wildman–Crippen LogP) is 1.92. The van der Waals surface area contributed by atoms with E-state index in [1.165, 1.54) is 6.07 Å². The fourth-order valence-electron chi connectivity index (χ4n) is 3.56. The number of amides is 1. The highest BCUT2D eigenvalue weighted by Crippen LogP contribution is 2.14. The molecule has 0 radical (unpaired) electrons. The van der Waals surface area contributed by atoms with E-state index >= 15 is 0 Å². The number of hydrogen-bond acceptors (Lipinski definition) is 7. The third-order valence-corrected chi connectivity index (χ3v) is 5.38. The van der Waals surface area contributed by atoms with Crippen LogP contribution in [0.25, 0.3) is 5.69 Å². The average molecular weight is 453 g/mol. The molecule has 0 spiro atoms. The average Bonchev–Trinajstić information content (AvgIpc) is 3.31. The van der Waals surface area contributed by atoms with E-state index in [4.69, 9.17) is 9.47 Å². The van der Waals surface area contributed by atoms with Gasteiger partial charge in [-0.1, -0.05) is 12.1 Å². The summed E-state index contributed by atoms with van der Waals surface area (Å²) in [5.41, 5.74) is 2.51. The molecule has 3 aromatic rings. The van der Waals surface area contributed by atoms with Gasteiger partial charge in [-0.2, -0.15) is 10.2 Å². The summed E-state index contributed by atoms with van der Waals surface area (Å²) in [5.74, 6) is 0. The molecular formula is C23H28N6O4. The summed E-state index contributed by atoms with van der Waals surface area (Å²) < 4.78 is 14.0. The van der Waals surface area contributed by atoms with Gasteiger partial charge in [0, 0.05) is 50.6 Å². The zero-order chi connectivity index (χ0) is 23.0. The molecule has 0 saturated carbocycles. The van der Waals surface area contributed by atoms with Crippen LogP contribution in [0.15, 0.2) is 53.7 Å². The summed E-state index contributed by atoms with van der Waals surface area (Å²) in [6.45, 7) is 6.87. The quantitative estimate of drug-likeness (QED) is 0.557. The smallest absolute Gasteiger partial charge is 0.411 e. The third-order valence-electron chi connectivity index (χ3n) is 5.38. The zero-order valence-corrected chi connectivity index (χ0v) is 18.6. The minimum absolute atomic E-state index is 0.144. The number of ether oxygens (including phenoxy) is 2. The van der Waals surface area contributed by atoms with Crippen molar-refractivity contribution in [3.63, 3.8) is 0 Å². The first-order valence-corrected chi connectivity index (χ1v) is 11.1. The number of hydrogen-bond donors (Lipinski definition) is 1. The van der Waals surface area contributed by atoms with Crippen LogP contribution in [0.3, 0.4) is 0 Å². The van der Waals surface area contributed by atoms with Gasteiger partial charge in [-0.25, -0.2) is 9.48 Å². The number of rotatable bonds is 8. The summed E-state index contributed by atoms with van der Waals surface area (Å²) in [6, 6.07) is 8.81. The van der Waals surface area contributed by atoms with E-state index in [0.717, 1.165) is 30.9 Å². The maximum Gasteiger partial charge on any atom is 0.411 e. The lowest BCUT2D eigenvalue weighted by Crippen LogP contribution is -2.38. The molecule has 3 heterocycles. The highest BCUT2D eigenvalue weighted by molar-refractivity contribution is 5.84. The summed E-state index contributed by atoms with van der Waals surface area (Å²) in [7, 11) is 0. The Balaban J connectivity index is 1.36. The first kappa shape index (κ1) is 22.7. The maximum atomic E-state index is 12.4. The Bertz CT molecular complexity index is 1140. The molecule has 1 fully saturated rings. The number of aromatic nitrogens is 4. The molecule has 1 aliphatic rings. The van der Waals surface area contributed by atoms with Crippen LogP contribution < -0.4 is 10.7 Å². The minimum Gasteiger partial charge on any atom is -0.448 e. The Morgan fingerprint density at radius 1 is 1.24 bits per heavy atom. The van der Waals surface area contributed by atoms with Crippen LogP contribution in [0, 0.1) is 0 Å². The van der Waals surface area contributed by atoms with Gasteiger partial charge in [0.1, 0.15) is 18.0 Å². The van der Waals surface area contributed by atoms with Gasteiger partial charge < -0.3 is 9.47 Å². The highest BCUT2D eigenvalue weighted by Gasteiger charge is 2.12. The number of aryl methyl sites for hydroxylation is 1. The molecule has 1 amide bonds. The number of carbonyl (C=O) groups excluding carboxylic acids is 1. The summed E-state index contributed by atoms with van der Waals surface area (Å²) >= 11 is 0. The molecule has 174 valence electrons. The largest absolute Gasteiger partial charge is 0.448 e. The zero-order valence-electron chi connectivity index (χ0n) is 18.6. The molecule has 1 aromatic carbocycles. The van der Waals surface area contributed by atoms with E-state index in [-0.39, 0.29) is 5.43 Å². The molecule has 33 heavy (non-hydrogen) atoms. The van der Waals surface area contributed by atoms with Gasteiger partial charge in [-0.3, -0.25) is 19.7 Å². The van der Waals surface area contributed by atoms with Gasteiger partial charge >= 0.3 is 6.09 Å². The van der Waals surface area contributed by atoms with Crippen LogP contribution in [0.1, 0.15) is 18.2 Å². The normalized spacial score (nSPS) is 14.2. The van der Waals surface area contributed by atoms with Gasteiger partial charge in [0.25, 0.3) is 0 Å². The first-order chi connectivity index (χ1) is 16.1. The van der Waals surface area contributed by atoms with Crippen LogP contribution in [0.5, 0.6) is 0 Å². The molecule has 0 unspecified atom stereocenters. The molecule has 0 bridgehead atoms. The van der Waals surface area contributed by atoms with Gasteiger partial charge in [-0.15, -0.1) is 0 Å². The Morgan fingerprint density at radius 3 is 2.88 bits per heavy atom. The molecule has 10 nitrogen and oxygen atoms in total. The second-order valence-corrected chi connectivity index (χ2v) is 7.72. The second-order valence-electron chi connectivity index (χ2n) is 7.72. The molecule has 1 aliphatic heterocycles. The van der Waals surface area contributed by atoms with Crippen molar-refractivity contribution < 1.29 is 14.3 Å². The van der Waals surface area contributed by atoms with Crippen molar-refractivity contribution in [2.45, 2.75) is 19.9 Å². The molecule has 4 rings (SSSR count). The Hall–Kier alpha value is -3.50.